The third-order valence-corrected chi connectivity index (χ3v) is 3.45. The molecule has 2 rings (SSSR count). The van der Waals surface area contributed by atoms with Crippen LogP contribution in [0.5, 0.6) is 0 Å². The van der Waals surface area contributed by atoms with Gasteiger partial charge in [-0.1, -0.05) is 43.2 Å². The molecule has 1 fully saturated rings. The Hall–Kier alpha value is -0.780. The van der Waals surface area contributed by atoms with Gasteiger partial charge in [-0.15, -0.1) is 24.0 Å². The highest BCUT2D eigenvalue weighted by Gasteiger charge is 2.10. The average molecular weight is 373 g/mol. The second-order valence-electron chi connectivity index (χ2n) is 4.88. The lowest BCUT2D eigenvalue weighted by atomic mass is 10.2. The van der Waals surface area contributed by atoms with Gasteiger partial charge in [-0.25, -0.2) is 0 Å². The lowest BCUT2D eigenvalue weighted by Crippen LogP contribution is -2.38. The standard InChI is InChI=1S/C15H23N3.HI/c16-15(18-12-6-1-2-7-13-18)17-11-10-14-8-4-3-5-9-14;/h3-5,8-9H,1-2,6-7,10-13H2,(H2,16,17);1H. The first-order valence-corrected chi connectivity index (χ1v) is 6.95. The van der Waals surface area contributed by atoms with Crippen molar-refractivity contribution in [2.75, 3.05) is 19.6 Å². The molecule has 3 nitrogen and oxygen atoms in total. The Morgan fingerprint density at radius 2 is 1.68 bits per heavy atom. The summed E-state index contributed by atoms with van der Waals surface area (Å²) in [7, 11) is 0. The van der Waals surface area contributed by atoms with E-state index >= 15 is 0 Å². The zero-order valence-corrected chi connectivity index (χ0v) is 13.8. The van der Waals surface area contributed by atoms with Crippen molar-refractivity contribution >= 4 is 29.9 Å². The highest BCUT2D eigenvalue weighted by atomic mass is 127. The van der Waals surface area contributed by atoms with Crippen LogP contribution >= 0.6 is 24.0 Å². The number of hydrogen-bond donors (Lipinski definition) is 1. The smallest absolute Gasteiger partial charge is 0.191 e. The number of nitrogens with two attached hydrogens (primary N) is 1. The Balaban J connectivity index is 0.00000180. The van der Waals surface area contributed by atoms with Gasteiger partial charge >= 0.3 is 0 Å². The van der Waals surface area contributed by atoms with Crippen LogP contribution in [0.2, 0.25) is 0 Å². The van der Waals surface area contributed by atoms with Gasteiger partial charge < -0.3 is 10.6 Å². The Kier molecular flexibility index (Phi) is 7.86. The summed E-state index contributed by atoms with van der Waals surface area (Å²) in [4.78, 5) is 6.74. The first kappa shape index (κ1) is 16.3. The molecule has 106 valence electrons. The predicted molar refractivity (Wildman–Crippen MR) is 92.1 cm³/mol. The fourth-order valence-corrected chi connectivity index (χ4v) is 2.34. The molecule has 0 saturated carbocycles. The van der Waals surface area contributed by atoms with E-state index in [4.69, 9.17) is 5.73 Å². The first-order chi connectivity index (χ1) is 8.86. The number of nitrogens with zero attached hydrogens (tertiary/aromatic N) is 2. The molecule has 0 radical (unpaired) electrons. The fraction of sp³-hybridized carbons (Fsp3) is 0.533. The summed E-state index contributed by atoms with van der Waals surface area (Å²) in [5.41, 5.74) is 7.38. The second-order valence-corrected chi connectivity index (χ2v) is 4.88. The van der Waals surface area contributed by atoms with Crippen LogP contribution in [-0.4, -0.2) is 30.5 Å². The molecule has 1 aliphatic heterocycles. The fourth-order valence-electron chi connectivity index (χ4n) is 2.34. The summed E-state index contributed by atoms with van der Waals surface area (Å²) in [6.07, 6.45) is 6.11. The number of benzene rings is 1. The van der Waals surface area contributed by atoms with E-state index in [0.717, 1.165) is 32.0 Å². The lowest BCUT2D eigenvalue weighted by molar-refractivity contribution is 0.428. The van der Waals surface area contributed by atoms with Gasteiger partial charge in [0.2, 0.25) is 0 Å². The van der Waals surface area contributed by atoms with E-state index in [0.29, 0.717) is 0 Å². The van der Waals surface area contributed by atoms with Crippen molar-refractivity contribution in [3.8, 4) is 0 Å². The van der Waals surface area contributed by atoms with Crippen molar-refractivity contribution in [1.29, 1.82) is 0 Å². The monoisotopic (exact) mass is 373 g/mol. The van der Waals surface area contributed by atoms with Gasteiger partial charge in [-0.3, -0.25) is 4.99 Å². The minimum atomic E-state index is 0. The molecule has 0 aliphatic carbocycles. The van der Waals surface area contributed by atoms with E-state index in [1.54, 1.807) is 0 Å². The third-order valence-electron chi connectivity index (χ3n) is 3.45. The van der Waals surface area contributed by atoms with Crippen LogP contribution in [0.1, 0.15) is 31.2 Å². The normalized spacial score (nSPS) is 16.6. The van der Waals surface area contributed by atoms with E-state index in [9.17, 15) is 0 Å². The lowest BCUT2D eigenvalue weighted by Gasteiger charge is -2.21. The van der Waals surface area contributed by atoms with Gasteiger partial charge in [-0.2, -0.15) is 0 Å². The van der Waals surface area contributed by atoms with Crippen LogP contribution in [0.15, 0.2) is 35.3 Å². The van der Waals surface area contributed by atoms with Gasteiger partial charge in [-0.05, 0) is 24.8 Å². The van der Waals surface area contributed by atoms with Crippen molar-refractivity contribution in [3.63, 3.8) is 0 Å². The molecule has 4 heteroatoms. The summed E-state index contributed by atoms with van der Waals surface area (Å²) < 4.78 is 0. The molecule has 0 bridgehead atoms. The number of likely N-dealkylation sites (tertiary alicyclic amines) is 1. The number of aliphatic imine (C=N–C) groups is 1. The van der Waals surface area contributed by atoms with Crippen LogP contribution < -0.4 is 5.73 Å². The van der Waals surface area contributed by atoms with Crippen LogP contribution in [0.4, 0.5) is 0 Å². The van der Waals surface area contributed by atoms with E-state index in [-0.39, 0.29) is 24.0 Å². The van der Waals surface area contributed by atoms with Crippen LogP contribution in [-0.2, 0) is 6.42 Å². The summed E-state index contributed by atoms with van der Waals surface area (Å²) in [5.74, 6) is 0.729. The number of hydrogen-bond acceptors (Lipinski definition) is 1. The van der Waals surface area contributed by atoms with Crippen molar-refractivity contribution < 1.29 is 0 Å². The average Bonchev–Trinajstić information content (AvgIpc) is 2.69. The van der Waals surface area contributed by atoms with Crippen molar-refractivity contribution in [1.82, 2.24) is 4.90 Å². The quantitative estimate of drug-likeness (QED) is 0.503. The van der Waals surface area contributed by atoms with Crippen LogP contribution in [0, 0.1) is 0 Å². The molecule has 1 aromatic carbocycles. The van der Waals surface area contributed by atoms with E-state index in [1.165, 1.54) is 31.2 Å². The van der Waals surface area contributed by atoms with Crippen LogP contribution in [0.3, 0.4) is 0 Å². The Morgan fingerprint density at radius 3 is 2.32 bits per heavy atom. The van der Waals surface area contributed by atoms with Gasteiger partial charge in [0.25, 0.3) is 0 Å². The molecule has 2 N–H and O–H groups in total. The van der Waals surface area contributed by atoms with Crippen molar-refractivity contribution in [2.24, 2.45) is 10.7 Å². The molecular formula is C15H24IN3. The maximum absolute atomic E-state index is 6.06. The zero-order chi connectivity index (χ0) is 12.6. The van der Waals surface area contributed by atoms with E-state index < -0.39 is 0 Å². The van der Waals surface area contributed by atoms with Gasteiger partial charge in [0, 0.05) is 19.6 Å². The predicted octanol–water partition coefficient (Wildman–Crippen LogP) is 3.04. The molecule has 1 aromatic rings. The Morgan fingerprint density at radius 1 is 1.05 bits per heavy atom. The Bertz CT molecular complexity index is 370. The molecule has 1 saturated heterocycles. The van der Waals surface area contributed by atoms with Crippen molar-refractivity contribution in [3.05, 3.63) is 35.9 Å². The van der Waals surface area contributed by atoms with E-state index in [1.807, 2.05) is 6.07 Å². The van der Waals surface area contributed by atoms with Gasteiger partial charge in [0.1, 0.15) is 0 Å². The van der Waals surface area contributed by atoms with Crippen molar-refractivity contribution in [2.45, 2.75) is 32.1 Å². The van der Waals surface area contributed by atoms with Gasteiger partial charge in [0.15, 0.2) is 5.96 Å². The maximum Gasteiger partial charge on any atom is 0.191 e. The molecule has 0 unspecified atom stereocenters. The molecule has 1 heterocycles. The summed E-state index contributed by atoms with van der Waals surface area (Å²) >= 11 is 0. The largest absolute Gasteiger partial charge is 0.370 e. The van der Waals surface area contributed by atoms with E-state index in [2.05, 4.69) is 34.2 Å². The second kappa shape index (κ2) is 9.18. The number of halogens is 1. The molecular weight excluding hydrogens is 349 g/mol. The molecule has 0 spiro atoms. The molecule has 0 amide bonds. The SMILES string of the molecule is I.NC(=NCCc1ccccc1)N1CCCCCC1. The highest BCUT2D eigenvalue weighted by Crippen LogP contribution is 2.09. The molecule has 19 heavy (non-hydrogen) atoms. The van der Waals surface area contributed by atoms with Gasteiger partial charge in [0.05, 0.1) is 0 Å². The zero-order valence-electron chi connectivity index (χ0n) is 11.4. The topological polar surface area (TPSA) is 41.6 Å². The minimum absolute atomic E-state index is 0. The molecule has 0 aromatic heterocycles. The Labute approximate surface area is 133 Å². The summed E-state index contributed by atoms with van der Waals surface area (Å²) in [6.45, 7) is 2.92. The highest BCUT2D eigenvalue weighted by molar-refractivity contribution is 14.0. The molecule has 1 aliphatic rings. The first-order valence-electron chi connectivity index (χ1n) is 6.95. The summed E-state index contributed by atoms with van der Waals surface area (Å²) in [5, 5.41) is 0. The number of guanidine groups is 1. The minimum Gasteiger partial charge on any atom is -0.370 e. The number of rotatable bonds is 3. The maximum atomic E-state index is 6.06. The summed E-state index contributed by atoms with van der Waals surface area (Å²) in [6, 6.07) is 10.4. The van der Waals surface area contributed by atoms with Crippen LogP contribution in [0.25, 0.3) is 0 Å². The third kappa shape index (κ3) is 5.80. The molecule has 0 atom stereocenters.